The lowest BCUT2D eigenvalue weighted by atomic mass is 10.3. The van der Waals surface area contributed by atoms with Crippen LogP contribution in [0.25, 0.3) is 22.1 Å². The van der Waals surface area contributed by atoms with Crippen molar-refractivity contribution in [3.8, 4) is 0 Å². The Bertz CT molecular complexity index is 1090. The maximum atomic E-state index is 11.8. The second-order valence-corrected chi connectivity index (χ2v) is 6.25. The first-order valence-electron chi connectivity index (χ1n) is 10.4. The van der Waals surface area contributed by atoms with Gasteiger partial charge in [0.1, 0.15) is 5.82 Å². The first-order chi connectivity index (χ1) is 14.6. The normalized spacial score (nSPS) is 9.87. The van der Waals surface area contributed by atoms with Crippen LogP contribution in [0.4, 0.5) is 0 Å². The zero-order valence-electron chi connectivity index (χ0n) is 19.3. The number of aliphatic hydroxyl groups is 1. The minimum absolute atomic E-state index is 0.0369. The van der Waals surface area contributed by atoms with E-state index < -0.39 is 0 Å². The Kier molecular flexibility index (Phi) is 10.5. The third-order valence-corrected chi connectivity index (χ3v) is 4.56. The maximum absolute atomic E-state index is 11.8. The number of nitrogens with zero attached hydrogens (tertiary/aromatic N) is 5. The first-order valence-corrected chi connectivity index (χ1v) is 10.4. The number of fused-ring (bicyclic) bond motifs is 2. The van der Waals surface area contributed by atoms with Crippen LogP contribution in [0.15, 0.2) is 47.5 Å². The molecule has 3 heterocycles. The largest absolute Gasteiger partial charge is 0.400 e. The monoisotopic (exact) mass is 413 g/mol. The molecule has 0 fully saturated rings. The quantitative estimate of drug-likeness (QED) is 0.547. The van der Waals surface area contributed by atoms with Crippen LogP contribution in [0, 0.1) is 6.92 Å². The molecule has 4 rings (SSSR count). The number of aliphatic hydroxyl groups excluding tert-OH is 1. The summed E-state index contributed by atoms with van der Waals surface area (Å²) in [7, 11) is 2.78. The van der Waals surface area contributed by atoms with Crippen LogP contribution in [0.5, 0.6) is 0 Å². The molecule has 0 aliphatic carbocycles. The Morgan fingerprint density at radius 2 is 1.63 bits per heavy atom. The number of hydrogen-bond donors (Lipinski definition) is 1. The molecular weight excluding hydrogens is 378 g/mol. The van der Waals surface area contributed by atoms with Crippen molar-refractivity contribution in [1.29, 1.82) is 0 Å². The molecule has 4 aromatic rings. The van der Waals surface area contributed by atoms with Gasteiger partial charge in [-0.2, -0.15) is 0 Å². The molecule has 0 radical (unpaired) electrons. The highest BCUT2D eigenvalue weighted by atomic mass is 16.2. The molecule has 164 valence electrons. The molecule has 0 unspecified atom stereocenters. The highest BCUT2D eigenvalue weighted by molar-refractivity contribution is 5.76. The maximum Gasteiger partial charge on any atom is 0.328 e. The van der Waals surface area contributed by atoms with Crippen molar-refractivity contribution in [2.75, 3.05) is 7.11 Å². The Morgan fingerprint density at radius 3 is 2.27 bits per heavy atom. The van der Waals surface area contributed by atoms with Crippen LogP contribution in [-0.4, -0.2) is 35.9 Å². The fourth-order valence-corrected chi connectivity index (χ4v) is 3.29. The van der Waals surface area contributed by atoms with E-state index in [-0.39, 0.29) is 5.69 Å². The number of benzene rings is 1. The van der Waals surface area contributed by atoms with Crippen molar-refractivity contribution in [2.24, 2.45) is 7.05 Å². The van der Waals surface area contributed by atoms with Gasteiger partial charge in [-0.05, 0) is 38.5 Å². The highest BCUT2D eigenvalue weighted by Gasteiger charge is 2.08. The number of aryl methyl sites for hydroxylation is 4. The van der Waals surface area contributed by atoms with Gasteiger partial charge in [-0.15, -0.1) is 0 Å². The van der Waals surface area contributed by atoms with Crippen molar-refractivity contribution in [1.82, 2.24) is 23.7 Å². The van der Waals surface area contributed by atoms with Gasteiger partial charge >= 0.3 is 5.69 Å². The van der Waals surface area contributed by atoms with Gasteiger partial charge in [-0.25, -0.2) is 9.78 Å². The zero-order chi connectivity index (χ0) is 22.7. The van der Waals surface area contributed by atoms with Crippen LogP contribution >= 0.6 is 0 Å². The molecule has 0 spiro atoms. The van der Waals surface area contributed by atoms with E-state index in [1.54, 1.807) is 28.6 Å². The molecule has 30 heavy (non-hydrogen) atoms. The smallest absolute Gasteiger partial charge is 0.328 e. The number of hydrogen-bond acceptors (Lipinski definition) is 4. The molecule has 7 heteroatoms. The topological polar surface area (TPSA) is 77.9 Å². The van der Waals surface area contributed by atoms with Crippen molar-refractivity contribution >= 4 is 22.1 Å². The number of imidazole rings is 2. The highest BCUT2D eigenvalue weighted by Crippen LogP contribution is 2.14. The third-order valence-electron chi connectivity index (χ3n) is 4.56. The summed E-state index contributed by atoms with van der Waals surface area (Å²) in [6, 6.07) is 10.1. The lowest BCUT2D eigenvalue weighted by Crippen LogP contribution is -2.21. The van der Waals surface area contributed by atoms with Gasteiger partial charge in [0, 0.05) is 33.4 Å². The first kappa shape index (κ1) is 25.1. The van der Waals surface area contributed by atoms with E-state index in [1.807, 2.05) is 32.9 Å². The van der Waals surface area contributed by atoms with Crippen LogP contribution in [-0.2, 0) is 20.1 Å². The minimum Gasteiger partial charge on any atom is -0.400 e. The summed E-state index contributed by atoms with van der Waals surface area (Å²) in [5.41, 5.74) is 4.23. The average Bonchev–Trinajstić information content (AvgIpc) is 3.25. The molecule has 0 aliphatic rings. The summed E-state index contributed by atoms with van der Waals surface area (Å²) >= 11 is 0. The Labute approximate surface area is 178 Å². The standard InChI is InChI=1S/C10H13N3O.C10H12N2.C2H6.CH4O/c1-3-6-13-8-4-5-11-7-9(8)12(2)10(13)14;1-3-12-8(2)11-9-6-4-5-7-10(9)12;2*1-2/h4-5,7H,3,6H2,1-2H3;4-7H,3H2,1-2H3;1-2H3;2H,1H3. The predicted molar refractivity (Wildman–Crippen MR) is 125 cm³/mol. The Morgan fingerprint density at radius 1 is 0.967 bits per heavy atom. The number of para-hydroxylation sites is 2. The Balaban J connectivity index is 0.000000260. The second-order valence-electron chi connectivity index (χ2n) is 6.25. The van der Waals surface area contributed by atoms with E-state index in [0.717, 1.165) is 49.0 Å². The molecular formula is C23H35N5O2. The summed E-state index contributed by atoms with van der Waals surface area (Å²) < 4.78 is 5.64. The fourth-order valence-electron chi connectivity index (χ4n) is 3.29. The SMILES string of the molecule is CC.CCCn1c(=O)n(C)c2cnccc21.CCn1c(C)nc2ccccc21.CO. The number of aromatic nitrogens is 5. The zero-order valence-corrected chi connectivity index (χ0v) is 19.3. The van der Waals surface area contributed by atoms with Crippen molar-refractivity contribution < 1.29 is 5.11 Å². The molecule has 0 aliphatic heterocycles. The molecule has 0 amide bonds. The molecule has 0 atom stereocenters. The summed E-state index contributed by atoms with van der Waals surface area (Å²) in [5.74, 6) is 1.10. The predicted octanol–water partition coefficient (Wildman–Crippen LogP) is 4.14. The summed E-state index contributed by atoms with van der Waals surface area (Å²) in [5, 5.41) is 7.00. The van der Waals surface area contributed by atoms with Crippen molar-refractivity contribution in [3.63, 3.8) is 0 Å². The van der Waals surface area contributed by atoms with Gasteiger partial charge < -0.3 is 9.67 Å². The van der Waals surface area contributed by atoms with E-state index in [4.69, 9.17) is 5.11 Å². The number of rotatable bonds is 3. The van der Waals surface area contributed by atoms with Crippen LogP contribution < -0.4 is 5.69 Å². The van der Waals surface area contributed by atoms with Crippen LogP contribution in [0.2, 0.25) is 0 Å². The molecule has 0 saturated carbocycles. The van der Waals surface area contributed by atoms with E-state index >= 15 is 0 Å². The van der Waals surface area contributed by atoms with Crippen LogP contribution in [0.1, 0.15) is 39.9 Å². The van der Waals surface area contributed by atoms with Crippen LogP contribution in [0.3, 0.4) is 0 Å². The van der Waals surface area contributed by atoms with Gasteiger partial charge in [0.05, 0.1) is 28.3 Å². The van der Waals surface area contributed by atoms with E-state index in [0.29, 0.717) is 0 Å². The molecule has 0 bridgehead atoms. The van der Waals surface area contributed by atoms with Gasteiger partial charge in [0.15, 0.2) is 0 Å². The number of pyridine rings is 1. The summed E-state index contributed by atoms with van der Waals surface area (Å²) in [6.45, 7) is 12.0. The van der Waals surface area contributed by atoms with E-state index in [1.165, 1.54) is 5.52 Å². The molecule has 1 aromatic carbocycles. The van der Waals surface area contributed by atoms with E-state index in [2.05, 4.69) is 46.6 Å². The van der Waals surface area contributed by atoms with E-state index in [9.17, 15) is 4.79 Å². The fraction of sp³-hybridized carbons (Fsp3) is 0.435. The molecule has 0 saturated heterocycles. The van der Waals surface area contributed by atoms with Crippen molar-refractivity contribution in [2.45, 2.75) is 54.1 Å². The van der Waals surface area contributed by atoms with Gasteiger partial charge in [-0.3, -0.25) is 14.1 Å². The second kappa shape index (κ2) is 12.6. The average molecular weight is 414 g/mol. The third kappa shape index (κ3) is 5.36. The summed E-state index contributed by atoms with van der Waals surface area (Å²) in [6.07, 6.45) is 4.40. The minimum atomic E-state index is 0.0369. The molecule has 1 N–H and O–H groups in total. The summed E-state index contributed by atoms with van der Waals surface area (Å²) in [4.78, 5) is 20.2. The molecule has 7 nitrogen and oxygen atoms in total. The van der Waals surface area contributed by atoms with Gasteiger partial charge in [0.25, 0.3) is 0 Å². The van der Waals surface area contributed by atoms with Crippen molar-refractivity contribution in [3.05, 3.63) is 59.0 Å². The van der Waals surface area contributed by atoms with Gasteiger partial charge in [-0.1, -0.05) is 32.9 Å². The Hall–Kier alpha value is -2.93. The van der Waals surface area contributed by atoms with Gasteiger partial charge in [0.2, 0.25) is 0 Å². The lowest BCUT2D eigenvalue weighted by molar-refractivity contribution is 0.399. The lowest BCUT2D eigenvalue weighted by Gasteiger charge is -2.00. The molecule has 3 aromatic heterocycles.